The van der Waals surface area contributed by atoms with E-state index >= 15 is 0 Å². The molecule has 0 N–H and O–H groups in total. The van der Waals surface area contributed by atoms with Crippen LogP contribution in [0.4, 0.5) is 0 Å². The monoisotopic (exact) mass is 380 g/mol. The van der Waals surface area contributed by atoms with Crippen LogP contribution < -0.4 is 0 Å². The highest BCUT2D eigenvalue weighted by Gasteiger charge is 2.14. The van der Waals surface area contributed by atoms with Crippen LogP contribution >= 0.6 is 23.4 Å². The van der Waals surface area contributed by atoms with Crippen molar-refractivity contribution in [3.63, 3.8) is 0 Å². The quantitative estimate of drug-likeness (QED) is 0.451. The van der Waals surface area contributed by atoms with Gasteiger partial charge in [0.15, 0.2) is 11.0 Å². The molecule has 0 radical (unpaired) electrons. The summed E-state index contributed by atoms with van der Waals surface area (Å²) < 4.78 is 2.04. The minimum absolute atomic E-state index is 0.724. The van der Waals surface area contributed by atoms with Crippen molar-refractivity contribution in [1.29, 1.82) is 0 Å². The number of aryl methyl sites for hydroxylation is 1. The topological polar surface area (TPSA) is 43.6 Å². The fraction of sp³-hybridized carbons (Fsp3) is 0.150. The minimum atomic E-state index is 0.724. The predicted molar refractivity (Wildman–Crippen MR) is 107 cm³/mol. The van der Waals surface area contributed by atoms with Gasteiger partial charge in [-0.3, -0.25) is 4.98 Å². The fourth-order valence-corrected chi connectivity index (χ4v) is 4.07. The molecule has 130 valence electrons. The van der Waals surface area contributed by atoms with Gasteiger partial charge in [0.1, 0.15) is 0 Å². The van der Waals surface area contributed by atoms with E-state index in [0.29, 0.717) is 0 Å². The molecule has 0 amide bonds. The molecule has 0 saturated carbocycles. The molecule has 0 fully saturated rings. The van der Waals surface area contributed by atoms with E-state index in [1.54, 1.807) is 18.0 Å². The smallest absolute Gasteiger partial charge is 0.191 e. The molecule has 4 rings (SSSR count). The van der Waals surface area contributed by atoms with Crippen LogP contribution in [0.2, 0.25) is 5.02 Å². The predicted octanol–water partition coefficient (Wildman–Crippen LogP) is 5.28. The van der Waals surface area contributed by atoms with Crippen molar-refractivity contribution in [3.05, 3.63) is 70.9 Å². The van der Waals surface area contributed by atoms with Crippen molar-refractivity contribution < 1.29 is 0 Å². The molecule has 4 nitrogen and oxygen atoms in total. The Balaban J connectivity index is 1.62. The van der Waals surface area contributed by atoms with Crippen molar-refractivity contribution in [2.45, 2.75) is 17.8 Å². The zero-order valence-electron chi connectivity index (χ0n) is 14.5. The number of rotatable bonds is 4. The van der Waals surface area contributed by atoms with E-state index in [1.165, 1.54) is 5.56 Å². The van der Waals surface area contributed by atoms with Gasteiger partial charge in [-0.15, -0.1) is 10.2 Å². The van der Waals surface area contributed by atoms with Crippen LogP contribution in [0, 0.1) is 6.92 Å². The van der Waals surface area contributed by atoms with Gasteiger partial charge in [-0.2, -0.15) is 0 Å². The first-order valence-corrected chi connectivity index (χ1v) is 9.62. The van der Waals surface area contributed by atoms with Gasteiger partial charge in [-0.05, 0) is 36.2 Å². The second-order valence-electron chi connectivity index (χ2n) is 6.07. The van der Waals surface area contributed by atoms with Gasteiger partial charge < -0.3 is 4.57 Å². The highest BCUT2D eigenvalue weighted by molar-refractivity contribution is 7.98. The summed E-state index contributed by atoms with van der Waals surface area (Å²) in [7, 11) is 2.00. The first kappa shape index (κ1) is 17.1. The Morgan fingerprint density at radius 1 is 1.04 bits per heavy atom. The number of thioether (sulfide) groups is 1. The van der Waals surface area contributed by atoms with E-state index in [-0.39, 0.29) is 0 Å². The number of hydrogen-bond acceptors (Lipinski definition) is 4. The van der Waals surface area contributed by atoms with Crippen LogP contribution in [-0.4, -0.2) is 19.7 Å². The lowest BCUT2D eigenvalue weighted by molar-refractivity contribution is 0.793. The van der Waals surface area contributed by atoms with Crippen molar-refractivity contribution in [2.24, 2.45) is 7.05 Å². The molecular weight excluding hydrogens is 364 g/mol. The molecule has 4 aromatic rings. The van der Waals surface area contributed by atoms with Crippen molar-refractivity contribution in [3.8, 4) is 11.4 Å². The SMILES string of the molecule is Cc1ccccc1-c1nnc(SCc2ccc(Cl)c3cccnc23)n1C. The molecule has 26 heavy (non-hydrogen) atoms. The van der Waals surface area contributed by atoms with Crippen LogP contribution in [0.5, 0.6) is 0 Å². The average Bonchev–Trinajstić information content (AvgIpc) is 3.02. The van der Waals surface area contributed by atoms with Gasteiger partial charge in [0.25, 0.3) is 0 Å². The van der Waals surface area contributed by atoms with Crippen LogP contribution in [-0.2, 0) is 12.8 Å². The number of benzene rings is 2. The third-order valence-electron chi connectivity index (χ3n) is 4.38. The maximum absolute atomic E-state index is 6.28. The third kappa shape index (κ3) is 3.08. The van der Waals surface area contributed by atoms with Gasteiger partial charge >= 0.3 is 0 Å². The van der Waals surface area contributed by atoms with Crippen LogP contribution in [0.1, 0.15) is 11.1 Å². The Kier molecular flexibility index (Phi) is 4.66. The summed E-state index contributed by atoms with van der Waals surface area (Å²) >= 11 is 7.93. The molecule has 0 saturated heterocycles. The number of fused-ring (bicyclic) bond motifs is 1. The summed E-state index contributed by atoms with van der Waals surface area (Å²) in [5.41, 5.74) is 4.37. The number of nitrogens with zero attached hydrogens (tertiary/aromatic N) is 4. The summed E-state index contributed by atoms with van der Waals surface area (Å²) in [6, 6.07) is 16.1. The normalized spacial score (nSPS) is 11.2. The molecule has 0 aliphatic heterocycles. The number of hydrogen-bond donors (Lipinski definition) is 0. The maximum Gasteiger partial charge on any atom is 0.191 e. The van der Waals surface area contributed by atoms with Gasteiger partial charge in [0, 0.05) is 35.0 Å². The van der Waals surface area contributed by atoms with Crippen molar-refractivity contribution in [1.82, 2.24) is 19.7 Å². The Bertz CT molecular complexity index is 1090. The lowest BCUT2D eigenvalue weighted by Gasteiger charge is -2.08. The zero-order valence-corrected chi connectivity index (χ0v) is 16.1. The standard InChI is InChI=1S/C20H17ClN4S/c1-13-6-3-4-7-15(13)19-23-24-20(25(19)2)26-12-14-9-10-17(21)16-8-5-11-22-18(14)16/h3-11H,12H2,1-2H3. The van der Waals surface area contributed by atoms with E-state index in [1.807, 2.05) is 48.0 Å². The molecule has 0 atom stereocenters. The van der Waals surface area contributed by atoms with Gasteiger partial charge in [0.05, 0.1) is 5.52 Å². The summed E-state index contributed by atoms with van der Waals surface area (Å²) in [5.74, 6) is 1.63. The average molecular weight is 381 g/mol. The summed E-state index contributed by atoms with van der Waals surface area (Å²) in [6.07, 6.45) is 1.80. The second-order valence-corrected chi connectivity index (χ2v) is 7.42. The molecule has 0 bridgehead atoms. The van der Waals surface area contributed by atoms with Crippen LogP contribution in [0.15, 0.2) is 59.9 Å². The van der Waals surface area contributed by atoms with E-state index < -0.39 is 0 Å². The van der Waals surface area contributed by atoms with Crippen LogP contribution in [0.25, 0.3) is 22.3 Å². The lowest BCUT2D eigenvalue weighted by atomic mass is 10.1. The Morgan fingerprint density at radius 3 is 2.73 bits per heavy atom. The van der Waals surface area contributed by atoms with Gasteiger partial charge in [-0.25, -0.2) is 0 Å². The van der Waals surface area contributed by atoms with E-state index in [9.17, 15) is 0 Å². The molecule has 0 aliphatic carbocycles. The largest absolute Gasteiger partial charge is 0.305 e. The van der Waals surface area contributed by atoms with Gasteiger partial charge in [-0.1, -0.05) is 53.7 Å². The van der Waals surface area contributed by atoms with E-state index in [4.69, 9.17) is 11.6 Å². The highest BCUT2D eigenvalue weighted by atomic mass is 35.5. The van der Waals surface area contributed by atoms with Gasteiger partial charge in [0.2, 0.25) is 0 Å². The minimum Gasteiger partial charge on any atom is -0.305 e. The number of aromatic nitrogens is 4. The lowest BCUT2D eigenvalue weighted by Crippen LogP contribution is -1.96. The Hall–Kier alpha value is -2.37. The summed E-state index contributed by atoms with van der Waals surface area (Å²) in [5, 5.41) is 11.3. The molecule has 2 aromatic carbocycles. The highest BCUT2D eigenvalue weighted by Crippen LogP contribution is 2.30. The maximum atomic E-state index is 6.28. The molecule has 2 aromatic heterocycles. The van der Waals surface area contributed by atoms with Crippen molar-refractivity contribution >= 4 is 34.3 Å². The fourth-order valence-electron chi connectivity index (χ4n) is 2.95. The first-order valence-electron chi connectivity index (χ1n) is 8.25. The summed E-state index contributed by atoms with van der Waals surface area (Å²) in [4.78, 5) is 4.50. The molecule has 0 unspecified atom stereocenters. The summed E-state index contributed by atoms with van der Waals surface area (Å²) in [6.45, 7) is 2.09. The van der Waals surface area contributed by atoms with Crippen LogP contribution in [0.3, 0.4) is 0 Å². The van der Waals surface area contributed by atoms with Crippen molar-refractivity contribution in [2.75, 3.05) is 0 Å². The molecule has 0 aliphatic rings. The van der Waals surface area contributed by atoms with E-state index in [2.05, 4.69) is 34.2 Å². The second kappa shape index (κ2) is 7.09. The Labute approximate surface area is 161 Å². The number of pyridine rings is 1. The third-order valence-corrected chi connectivity index (χ3v) is 5.78. The first-order chi connectivity index (χ1) is 12.6. The molecule has 0 spiro atoms. The molecular formula is C20H17ClN4S. The number of halogens is 1. The molecule has 2 heterocycles. The zero-order chi connectivity index (χ0) is 18.1. The van der Waals surface area contributed by atoms with E-state index in [0.717, 1.165) is 43.8 Å². The Morgan fingerprint density at radius 2 is 1.88 bits per heavy atom. The molecule has 6 heteroatoms.